The first-order valence-corrected chi connectivity index (χ1v) is 9.75. The van der Waals surface area contributed by atoms with E-state index in [4.69, 9.17) is 5.11 Å². The second-order valence-corrected chi connectivity index (χ2v) is 7.86. The number of aromatic nitrogens is 2. The van der Waals surface area contributed by atoms with Gasteiger partial charge in [-0.25, -0.2) is 4.98 Å². The number of fused-ring (bicyclic) bond motifs is 1. The minimum Gasteiger partial charge on any atom is -0.480 e. The summed E-state index contributed by atoms with van der Waals surface area (Å²) in [5, 5.41) is 12.2. The summed E-state index contributed by atoms with van der Waals surface area (Å²) in [6.07, 6.45) is 5.10. The molecule has 2 aliphatic rings. The molecule has 0 atom stereocenters. The summed E-state index contributed by atoms with van der Waals surface area (Å²) in [6, 6.07) is 8.28. The van der Waals surface area contributed by atoms with Crippen molar-refractivity contribution in [3.63, 3.8) is 0 Å². The molecule has 0 unspecified atom stereocenters. The average Bonchev–Trinajstić information content (AvgIpc) is 3.30. The molecule has 27 heavy (non-hydrogen) atoms. The van der Waals surface area contributed by atoms with Gasteiger partial charge in [-0.1, -0.05) is 12.1 Å². The first kappa shape index (κ1) is 18.0. The number of para-hydroxylation sites is 2. The van der Waals surface area contributed by atoms with Crippen molar-refractivity contribution in [3.8, 4) is 0 Å². The number of carboxylic acid groups (broad SMARTS) is 1. The summed E-state index contributed by atoms with van der Waals surface area (Å²) in [7, 11) is 0. The Balaban J connectivity index is 1.20. The maximum atomic E-state index is 12.2. The second-order valence-electron chi connectivity index (χ2n) is 7.86. The van der Waals surface area contributed by atoms with Gasteiger partial charge in [0, 0.05) is 31.5 Å². The topological polar surface area (TPSA) is 98.3 Å². The number of aryl methyl sites for hydroxylation is 1. The number of carboxylic acids is 1. The molecular weight excluding hydrogens is 344 g/mol. The van der Waals surface area contributed by atoms with E-state index in [9.17, 15) is 9.59 Å². The molecule has 0 aliphatic heterocycles. The zero-order valence-electron chi connectivity index (χ0n) is 15.4. The fourth-order valence-corrected chi connectivity index (χ4v) is 3.81. The lowest BCUT2D eigenvalue weighted by Crippen LogP contribution is -2.55. The van der Waals surface area contributed by atoms with Gasteiger partial charge < -0.3 is 15.4 Å². The monoisotopic (exact) mass is 370 g/mol. The Morgan fingerprint density at radius 1 is 1.26 bits per heavy atom. The number of nitrogens with one attached hydrogen (secondary N) is 2. The Morgan fingerprint density at radius 3 is 2.74 bits per heavy atom. The quantitative estimate of drug-likeness (QED) is 0.627. The SMILES string of the molecule is O=C(O)CN(CC1CC1)C1CC(NC(=O)CCc2nc3ccccc3[nH]2)C1. The summed E-state index contributed by atoms with van der Waals surface area (Å²) in [4.78, 5) is 33.1. The van der Waals surface area contributed by atoms with Crippen molar-refractivity contribution in [3.05, 3.63) is 30.1 Å². The highest BCUT2D eigenvalue weighted by molar-refractivity contribution is 5.77. The predicted octanol–water partition coefficient (Wildman–Crippen LogP) is 1.94. The van der Waals surface area contributed by atoms with Crippen LogP contribution in [0.4, 0.5) is 0 Å². The number of hydrogen-bond donors (Lipinski definition) is 3. The molecule has 3 N–H and O–H groups in total. The fourth-order valence-electron chi connectivity index (χ4n) is 3.81. The molecule has 1 amide bonds. The van der Waals surface area contributed by atoms with Crippen LogP contribution in [0.5, 0.6) is 0 Å². The van der Waals surface area contributed by atoms with Gasteiger partial charge in [0.1, 0.15) is 5.82 Å². The summed E-state index contributed by atoms with van der Waals surface area (Å²) in [6.45, 7) is 0.984. The van der Waals surface area contributed by atoms with Gasteiger partial charge in [-0.3, -0.25) is 14.5 Å². The van der Waals surface area contributed by atoms with Crippen molar-refractivity contribution < 1.29 is 14.7 Å². The smallest absolute Gasteiger partial charge is 0.317 e. The molecule has 0 bridgehead atoms. The minimum atomic E-state index is -0.769. The maximum absolute atomic E-state index is 12.2. The van der Waals surface area contributed by atoms with Crippen LogP contribution in [0.1, 0.15) is 37.9 Å². The third kappa shape index (κ3) is 4.66. The Kier molecular flexibility index (Phi) is 5.11. The normalized spacial score (nSPS) is 22.0. The first-order chi connectivity index (χ1) is 13.1. The van der Waals surface area contributed by atoms with Crippen molar-refractivity contribution in [2.24, 2.45) is 5.92 Å². The van der Waals surface area contributed by atoms with E-state index >= 15 is 0 Å². The van der Waals surface area contributed by atoms with Crippen LogP contribution in [-0.4, -0.2) is 57.0 Å². The molecule has 0 spiro atoms. The van der Waals surface area contributed by atoms with Crippen LogP contribution >= 0.6 is 0 Å². The molecular formula is C20H26N4O3. The van der Waals surface area contributed by atoms with Crippen LogP contribution in [0, 0.1) is 5.92 Å². The maximum Gasteiger partial charge on any atom is 0.317 e. The lowest BCUT2D eigenvalue weighted by atomic mass is 9.85. The third-order valence-electron chi connectivity index (χ3n) is 5.55. The van der Waals surface area contributed by atoms with Crippen molar-refractivity contribution >= 4 is 22.9 Å². The summed E-state index contributed by atoms with van der Waals surface area (Å²) in [5.41, 5.74) is 1.91. The number of aromatic amines is 1. The van der Waals surface area contributed by atoms with E-state index in [0.717, 1.165) is 36.2 Å². The molecule has 1 aromatic heterocycles. The van der Waals surface area contributed by atoms with Gasteiger partial charge in [-0.05, 0) is 43.7 Å². The number of hydrogen-bond acceptors (Lipinski definition) is 4. The molecule has 0 radical (unpaired) electrons. The number of H-pyrrole nitrogens is 1. The average molecular weight is 370 g/mol. The molecule has 144 valence electrons. The molecule has 2 saturated carbocycles. The zero-order chi connectivity index (χ0) is 18.8. The highest BCUT2D eigenvalue weighted by Crippen LogP contribution is 2.33. The van der Waals surface area contributed by atoms with Gasteiger partial charge >= 0.3 is 5.97 Å². The van der Waals surface area contributed by atoms with E-state index < -0.39 is 5.97 Å². The molecule has 0 saturated heterocycles. The van der Waals surface area contributed by atoms with Gasteiger partial charge in [-0.15, -0.1) is 0 Å². The predicted molar refractivity (Wildman–Crippen MR) is 101 cm³/mol. The number of nitrogens with zero attached hydrogens (tertiary/aromatic N) is 2. The Hall–Kier alpha value is -2.41. The first-order valence-electron chi connectivity index (χ1n) is 9.75. The molecule has 1 heterocycles. The fraction of sp³-hybridized carbons (Fsp3) is 0.550. The van der Waals surface area contributed by atoms with Crippen LogP contribution in [0.25, 0.3) is 11.0 Å². The van der Waals surface area contributed by atoms with Crippen LogP contribution in [0.3, 0.4) is 0 Å². The molecule has 2 fully saturated rings. The lowest BCUT2D eigenvalue weighted by molar-refractivity contribution is -0.140. The lowest BCUT2D eigenvalue weighted by Gasteiger charge is -2.42. The molecule has 7 nitrogen and oxygen atoms in total. The third-order valence-corrected chi connectivity index (χ3v) is 5.55. The largest absolute Gasteiger partial charge is 0.480 e. The minimum absolute atomic E-state index is 0.0332. The second kappa shape index (κ2) is 7.68. The van der Waals surface area contributed by atoms with Crippen molar-refractivity contribution in [1.29, 1.82) is 0 Å². The molecule has 2 aliphatic carbocycles. The molecule has 2 aromatic rings. The van der Waals surface area contributed by atoms with E-state index in [0.29, 0.717) is 18.8 Å². The van der Waals surface area contributed by atoms with Crippen molar-refractivity contribution in [2.45, 2.75) is 50.6 Å². The van der Waals surface area contributed by atoms with E-state index in [1.165, 1.54) is 12.8 Å². The summed E-state index contributed by atoms with van der Waals surface area (Å²) >= 11 is 0. The Bertz CT molecular complexity index is 790. The number of amides is 1. The van der Waals surface area contributed by atoms with E-state index in [1.54, 1.807) is 0 Å². The van der Waals surface area contributed by atoms with Gasteiger partial charge in [0.05, 0.1) is 17.6 Å². The van der Waals surface area contributed by atoms with Gasteiger partial charge in [0.25, 0.3) is 0 Å². The number of aliphatic carboxylic acids is 1. The zero-order valence-corrected chi connectivity index (χ0v) is 15.4. The highest BCUT2D eigenvalue weighted by Gasteiger charge is 2.37. The Labute approximate surface area is 158 Å². The summed E-state index contributed by atoms with van der Waals surface area (Å²) < 4.78 is 0. The van der Waals surface area contributed by atoms with Gasteiger partial charge in [0.15, 0.2) is 0 Å². The van der Waals surface area contributed by atoms with Crippen LogP contribution < -0.4 is 5.32 Å². The molecule has 7 heteroatoms. The molecule has 1 aromatic carbocycles. The van der Waals surface area contributed by atoms with Crippen molar-refractivity contribution in [2.75, 3.05) is 13.1 Å². The number of benzene rings is 1. The number of carbonyl (C=O) groups is 2. The van der Waals surface area contributed by atoms with E-state index in [-0.39, 0.29) is 24.5 Å². The summed E-state index contributed by atoms with van der Waals surface area (Å²) in [5.74, 6) is 0.761. The number of rotatable bonds is 9. The van der Waals surface area contributed by atoms with E-state index in [1.807, 2.05) is 24.3 Å². The number of carbonyl (C=O) groups excluding carboxylic acids is 1. The van der Waals surface area contributed by atoms with Crippen molar-refractivity contribution in [1.82, 2.24) is 20.2 Å². The molecule has 4 rings (SSSR count). The number of imidazole rings is 1. The highest BCUT2D eigenvalue weighted by atomic mass is 16.4. The van der Waals surface area contributed by atoms with Gasteiger partial charge in [-0.2, -0.15) is 0 Å². The van der Waals surface area contributed by atoms with E-state index in [2.05, 4.69) is 20.2 Å². The Morgan fingerprint density at radius 2 is 2.04 bits per heavy atom. The van der Waals surface area contributed by atoms with Crippen LogP contribution in [0.2, 0.25) is 0 Å². The van der Waals surface area contributed by atoms with Gasteiger partial charge in [0.2, 0.25) is 5.91 Å². The van der Waals surface area contributed by atoms with Crippen LogP contribution in [0.15, 0.2) is 24.3 Å². The van der Waals surface area contributed by atoms with Crippen LogP contribution in [-0.2, 0) is 16.0 Å². The standard InChI is InChI=1S/C20H26N4O3/c25-19(8-7-18-22-16-3-1-2-4-17(16)23-18)21-14-9-15(10-14)24(12-20(26)27)11-13-5-6-13/h1-4,13-15H,5-12H2,(H,21,25)(H,22,23)(H,26,27).